The first-order valence-corrected chi connectivity index (χ1v) is 5.95. The first-order valence-electron chi connectivity index (χ1n) is 5.13. The Morgan fingerprint density at radius 3 is 2.60 bits per heavy atom. The Hall–Kier alpha value is -0.970. The van der Waals surface area contributed by atoms with Crippen molar-refractivity contribution in [3.8, 4) is 0 Å². The molecule has 1 rings (SSSR count). The lowest BCUT2D eigenvalue weighted by Crippen LogP contribution is -2.14. The van der Waals surface area contributed by atoms with E-state index in [1.54, 1.807) is 0 Å². The minimum Gasteiger partial charge on any atom is -0.301 e. The molecular formula is C10H17N3OS. The van der Waals surface area contributed by atoms with Crippen molar-refractivity contribution in [3.05, 3.63) is 5.01 Å². The van der Waals surface area contributed by atoms with Gasteiger partial charge in [0.25, 0.3) is 0 Å². The van der Waals surface area contributed by atoms with E-state index in [4.69, 9.17) is 0 Å². The molecule has 0 unspecified atom stereocenters. The number of carbonyl (C=O) groups excluding carboxylic acids is 1. The van der Waals surface area contributed by atoms with Crippen molar-refractivity contribution in [1.82, 2.24) is 10.2 Å². The third-order valence-electron chi connectivity index (χ3n) is 2.46. The van der Waals surface area contributed by atoms with Crippen molar-refractivity contribution in [2.75, 3.05) is 5.32 Å². The smallest absolute Gasteiger partial charge is 0.225 e. The molecule has 5 heteroatoms. The minimum atomic E-state index is -0.0213. The molecule has 0 spiro atoms. The predicted octanol–water partition coefficient (Wildman–Crippen LogP) is 2.57. The number of rotatable bonds is 4. The van der Waals surface area contributed by atoms with E-state index in [0.29, 0.717) is 11.6 Å². The molecule has 84 valence electrons. The highest BCUT2D eigenvalue weighted by Gasteiger charge is 2.23. The summed E-state index contributed by atoms with van der Waals surface area (Å²) in [7, 11) is 0. The summed E-state index contributed by atoms with van der Waals surface area (Å²) in [6, 6.07) is 0. The largest absolute Gasteiger partial charge is 0.301 e. The van der Waals surface area contributed by atoms with Crippen LogP contribution < -0.4 is 5.32 Å². The van der Waals surface area contributed by atoms with Crippen LogP contribution in [0.1, 0.15) is 45.5 Å². The van der Waals surface area contributed by atoms with Crippen LogP contribution in [0.5, 0.6) is 0 Å². The van der Waals surface area contributed by atoms with Crippen molar-refractivity contribution in [2.24, 2.45) is 0 Å². The summed E-state index contributed by atoms with van der Waals surface area (Å²) >= 11 is 1.45. The van der Waals surface area contributed by atoms with Crippen molar-refractivity contribution < 1.29 is 4.79 Å². The minimum absolute atomic E-state index is 0.0213. The molecule has 1 aromatic rings. The van der Waals surface area contributed by atoms with Crippen LogP contribution in [0.3, 0.4) is 0 Å². The van der Waals surface area contributed by atoms with E-state index in [1.807, 2.05) is 6.92 Å². The predicted molar refractivity (Wildman–Crippen MR) is 62.1 cm³/mol. The molecule has 0 aliphatic heterocycles. The van der Waals surface area contributed by atoms with Gasteiger partial charge < -0.3 is 5.32 Å². The molecule has 0 aliphatic carbocycles. The van der Waals surface area contributed by atoms with Gasteiger partial charge in [-0.1, -0.05) is 39.0 Å². The van der Waals surface area contributed by atoms with Gasteiger partial charge in [0.15, 0.2) is 0 Å². The number of nitrogens with one attached hydrogen (secondary N) is 1. The first-order chi connectivity index (χ1) is 6.99. The molecule has 1 amide bonds. The zero-order valence-electron chi connectivity index (χ0n) is 9.63. The molecule has 0 bridgehead atoms. The summed E-state index contributed by atoms with van der Waals surface area (Å²) in [5, 5.41) is 12.3. The van der Waals surface area contributed by atoms with Crippen LogP contribution in [-0.2, 0) is 10.2 Å². The molecule has 0 atom stereocenters. The Morgan fingerprint density at radius 2 is 2.07 bits per heavy atom. The molecule has 4 nitrogen and oxygen atoms in total. The topological polar surface area (TPSA) is 54.9 Å². The second-order valence-corrected chi connectivity index (χ2v) is 5.03. The first kappa shape index (κ1) is 12.1. The van der Waals surface area contributed by atoms with Gasteiger partial charge in [0, 0.05) is 11.8 Å². The van der Waals surface area contributed by atoms with Gasteiger partial charge in [-0.2, -0.15) is 0 Å². The number of nitrogens with zero attached hydrogens (tertiary/aromatic N) is 2. The highest BCUT2D eigenvalue weighted by atomic mass is 32.1. The van der Waals surface area contributed by atoms with Crippen LogP contribution in [0, 0.1) is 0 Å². The second kappa shape index (κ2) is 4.70. The SMILES string of the molecule is CCC(=O)Nc1nnc(C(C)(C)CC)s1. The van der Waals surface area contributed by atoms with Crippen LogP contribution in [0.2, 0.25) is 0 Å². The van der Waals surface area contributed by atoms with Crippen molar-refractivity contribution >= 4 is 22.4 Å². The fourth-order valence-electron chi connectivity index (χ4n) is 0.906. The summed E-state index contributed by atoms with van der Waals surface area (Å²) in [5.74, 6) is -0.0213. The molecule has 0 aromatic carbocycles. The third kappa shape index (κ3) is 2.99. The summed E-state index contributed by atoms with van der Waals surface area (Å²) in [6.07, 6.45) is 1.47. The summed E-state index contributed by atoms with van der Waals surface area (Å²) in [6.45, 7) is 8.18. The van der Waals surface area contributed by atoms with E-state index in [-0.39, 0.29) is 11.3 Å². The number of hydrogen-bond donors (Lipinski definition) is 1. The van der Waals surface area contributed by atoms with Crippen molar-refractivity contribution in [1.29, 1.82) is 0 Å². The van der Waals surface area contributed by atoms with Gasteiger partial charge in [0.2, 0.25) is 11.0 Å². The van der Waals surface area contributed by atoms with E-state index in [1.165, 1.54) is 11.3 Å². The van der Waals surface area contributed by atoms with Crippen LogP contribution >= 0.6 is 11.3 Å². The quantitative estimate of drug-likeness (QED) is 0.860. The summed E-state index contributed by atoms with van der Waals surface area (Å²) < 4.78 is 0. The average molecular weight is 227 g/mol. The lowest BCUT2D eigenvalue weighted by atomic mass is 9.91. The average Bonchev–Trinajstić information content (AvgIpc) is 2.66. The third-order valence-corrected chi connectivity index (χ3v) is 3.66. The molecule has 1 heterocycles. The molecular weight excluding hydrogens is 210 g/mol. The second-order valence-electron chi connectivity index (χ2n) is 4.05. The van der Waals surface area contributed by atoms with E-state index in [9.17, 15) is 4.79 Å². The fraction of sp³-hybridized carbons (Fsp3) is 0.700. The summed E-state index contributed by atoms with van der Waals surface area (Å²) in [5.41, 5.74) is 0.0346. The van der Waals surface area contributed by atoms with Gasteiger partial charge in [0.1, 0.15) is 5.01 Å². The number of aromatic nitrogens is 2. The van der Waals surface area contributed by atoms with E-state index < -0.39 is 0 Å². The zero-order valence-corrected chi connectivity index (χ0v) is 10.4. The number of hydrogen-bond acceptors (Lipinski definition) is 4. The van der Waals surface area contributed by atoms with Crippen LogP contribution in [0.15, 0.2) is 0 Å². The van der Waals surface area contributed by atoms with Crippen molar-refractivity contribution in [2.45, 2.75) is 46.0 Å². The Kier molecular flexibility index (Phi) is 3.79. The molecule has 0 saturated carbocycles. The van der Waals surface area contributed by atoms with E-state index >= 15 is 0 Å². The van der Waals surface area contributed by atoms with Gasteiger partial charge in [-0.05, 0) is 6.42 Å². The van der Waals surface area contributed by atoms with Crippen LogP contribution in [-0.4, -0.2) is 16.1 Å². The van der Waals surface area contributed by atoms with Gasteiger partial charge in [-0.3, -0.25) is 4.79 Å². The normalized spacial score (nSPS) is 11.5. The molecule has 0 radical (unpaired) electrons. The van der Waals surface area contributed by atoms with Gasteiger partial charge in [0.05, 0.1) is 0 Å². The lowest BCUT2D eigenvalue weighted by Gasteiger charge is -2.17. The fourth-order valence-corrected chi connectivity index (χ4v) is 1.84. The highest BCUT2D eigenvalue weighted by Crippen LogP contribution is 2.30. The molecule has 0 saturated heterocycles. The summed E-state index contributed by atoms with van der Waals surface area (Å²) in [4.78, 5) is 11.1. The Balaban J connectivity index is 2.76. The number of carbonyl (C=O) groups is 1. The molecule has 0 aliphatic rings. The van der Waals surface area contributed by atoms with Gasteiger partial charge in [-0.25, -0.2) is 0 Å². The molecule has 1 aromatic heterocycles. The lowest BCUT2D eigenvalue weighted by molar-refractivity contribution is -0.115. The molecule has 15 heavy (non-hydrogen) atoms. The maximum Gasteiger partial charge on any atom is 0.225 e. The van der Waals surface area contributed by atoms with Crippen LogP contribution in [0.4, 0.5) is 5.13 Å². The standard InChI is InChI=1S/C10H17N3OS/c1-5-7(14)11-9-13-12-8(15-9)10(3,4)6-2/h5-6H2,1-4H3,(H,11,13,14). The van der Waals surface area contributed by atoms with Gasteiger partial charge >= 0.3 is 0 Å². The molecule has 1 N–H and O–H groups in total. The zero-order chi connectivity index (χ0) is 11.5. The van der Waals surface area contributed by atoms with E-state index in [0.717, 1.165) is 11.4 Å². The monoisotopic (exact) mass is 227 g/mol. The van der Waals surface area contributed by atoms with Crippen molar-refractivity contribution in [3.63, 3.8) is 0 Å². The highest BCUT2D eigenvalue weighted by molar-refractivity contribution is 7.15. The van der Waals surface area contributed by atoms with Crippen LogP contribution in [0.25, 0.3) is 0 Å². The maximum absolute atomic E-state index is 11.1. The Labute approximate surface area is 94.1 Å². The Bertz CT molecular complexity index is 346. The van der Waals surface area contributed by atoms with Gasteiger partial charge in [-0.15, -0.1) is 10.2 Å². The Morgan fingerprint density at radius 1 is 1.40 bits per heavy atom. The maximum atomic E-state index is 11.1. The number of amides is 1. The molecule has 0 fully saturated rings. The van der Waals surface area contributed by atoms with E-state index in [2.05, 4.69) is 36.3 Å². The number of anilines is 1.